The third-order valence-electron chi connectivity index (χ3n) is 4.03. The van der Waals surface area contributed by atoms with Crippen molar-refractivity contribution in [2.24, 2.45) is 5.92 Å². The molecule has 0 aliphatic carbocycles. The maximum absolute atomic E-state index is 13.7. The SMILES string of the molecule is N#CCC[C@@H](C#N)CN1CCN(C(=O)c2ccccc2F)CC1. The Kier molecular flexibility index (Phi) is 6.08. The molecule has 1 amide bonds. The van der Waals surface area contributed by atoms with Crippen molar-refractivity contribution in [2.75, 3.05) is 32.7 Å². The molecule has 1 atom stereocenters. The molecule has 0 spiro atoms. The van der Waals surface area contributed by atoms with Crippen LogP contribution in [0.5, 0.6) is 0 Å². The predicted molar refractivity (Wildman–Crippen MR) is 82.7 cm³/mol. The van der Waals surface area contributed by atoms with E-state index < -0.39 is 5.82 Å². The van der Waals surface area contributed by atoms with E-state index in [1.807, 2.05) is 0 Å². The van der Waals surface area contributed by atoms with Gasteiger partial charge in [0.25, 0.3) is 5.91 Å². The molecule has 0 radical (unpaired) electrons. The Hall–Kier alpha value is -2.44. The maximum Gasteiger partial charge on any atom is 0.256 e. The number of carbonyl (C=O) groups excluding carboxylic acids is 1. The second kappa shape index (κ2) is 8.26. The summed E-state index contributed by atoms with van der Waals surface area (Å²) in [7, 11) is 0. The van der Waals surface area contributed by atoms with Crippen LogP contribution in [-0.4, -0.2) is 48.4 Å². The second-order valence-corrected chi connectivity index (χ2v) is 5.60. The summed E-state index contributed by atoms with van der Waals surface area (Å²) in [5.74, 6) is -0.950. The van der Waals surface area contributed by atoms with Crippen molar-refractivity contribution in [3.8, 4) is 12.1 Å². The van der Waals surface area contributed by atoms with Gasteiger partial charge in [0, 0.05) is 39.1 Å². The van der Waals surface area contributed by atoms with Gasteiger partial charge in [-0.05, 0) is 18.6 Å². The molecular weight excluding hydrogens is 295 g/mol. The average Bonchev–Trinajstić information content (AvgIpc) is 2.59. The van der Waals surface area contributed by atoms with E-state index in [1.54, 1.807) is 17.0 Å². The minimum absolute atomic E-state index is 0.102. The van der Waals surface area contributed by atoms with Crippen LogP contribution in [0.2, 0.25) is 0 Å². The van der Waals surface area contributed by atoms with Gasteiger partial charge in [0.2, 0.25) is 0 Å². The van der Waals surface area contributed by atoms with Gasteiger partial charge in [-0.3, -0.25) is 9.69 Å². The molecule has 1 saturated heterocycles. The molecule has 0 aromatic heterocycles. The van der Waals surface area contributed by atoms with Crippen molar-refractivity contribution < 1.29 is 9.18 Å². The van der Waals surface area contributed by atoms with Crippen molar-refractivity contribution in [2.45, 2.75) is 12.8 Å². The zero-order valence-corrected chi connectivity index (χ0v) is 12.9. The molecule has 1 fully saturated rings. The van der Waals surface area contributed by atoms with Crippen LogP contribution in [0.15, 0.2) is 24.3 Å². The summed E-state index contributed by atoms with van der Waals surface area (Å²) >= 11 is 0. The van der Waals surface area contributed by atoms with Gasteiger partial charge in [-0.2, -0.15) is 10.5 Å². The van der Waals surface area contributed by atoms with Crippen molar-refractivity contribution in [1.82, 2.24) is 9.80 Å². The summed E-state index contributed by atoms with van der Waals surface area (Å²) in [5, 5.41) is 17.7. The van der Waals surface area contributed by atoms with Crippen LogP contribution in [0.1, 0.15) is 23.2 Å². The minimum Gasteiger partial charge on any atom is -0.336 e. The molecule has 1 heterocycles. The number of amides is 1. The van der Waals surface area contributed by atoms with Gasteiger partial charge < -0.3 is 4.90 Å². The van der Waals surface area contributed by atoms with E-state index in [0.29, 0.717) is 45.6 Å². The molecule has 1 aromatic rings. The smallest absolute Gasteiger partial charge is 0.256 e. The van der Waals surface area contributed by atoms with Crippen LogP contribution >= 0.6 is 0 Å². The van der Waals surface area contributed by atoms with E-state index in [9.17, 15) is 9.18 Å². The number of nitrogens with zero attached hydrogens (tertiary/aromatic N) is 4. The third kappa shape index (κ3) is 4.51. The lowest BCUT2D eigenvalue weighted by Crippen LogP contribution is -2.49. The van der Waals surface area contributed by atoms with E-state index in [4.69, 9.17) is 10.5 Å². The van der Waals surface area contributed by atoms with Gasteiger partial charge in [-0.1, -0.05) is 12.1 Å². The lowest BCUT2D eigenvalue weighted by Gasteiger charge is -2.35. The fraction of sp³-hybridized carbons (Fsp3) is 0.471. The zero-order valence-electron chi connectivity index (χ0n) is 12.9. The topological polar surface area (TPSA) is 71.1 Å². The molecule has 1 aliphatic rings. The van der Waals surface area contributed by atoms with Crippen molar-refractivity contribution in [1.29, 1.82) is 10.5 Å². The largest absolute Gasteiger partial charge is 0.336 e. The molecule has 0 bridgehead atoms. The van der Waals surface area contributed by atoms with E-state index in [1.165, 1.54) is 12.1 Å². The molecule has 5 nitrogen and oxygen atoms in total. The first-order valence-electron chi connectivity index (χ1n) is 7.68. The molecule has 1 aromatic carbocycles. The van der Waals surface area contributed by atoms with Crippen LogP contribution in [0.4, 0.5) is 4.39 Å². The number of carbonyl (C=O) groups is 1. The average molecular weight is 314 g/mol. The molecule has 0 N–H and O–H groups in total. The first-order valence-corrected chi connectivity index (χ1v) is 7.68. The fourth-order valence-corrected chi connectivity index (χ4v) is 2.69. The Morgan fingerprint density at radius 1 is 1.22 bits per heavy atom. The van der Waals surface area contributed by atoms with Gasteiger partial charge in [0.1, 0.15) is 5.82 Å². The first kappa shape index (κ1) is 16.9. The van der Waals surface area contributed by atoms with Gasteiger partial charge >= 0.3 is 0 Å². The molecule has 1 aliphatic heterocycles. The number of rotatable bonds is 5. The zero-order chi connectivity index (χ0) is 16.7. The quantitative estimate of drug-likeness (QED) is 0.833. The summed E-state index contributed by atoms with van der Waals surface area (Å²) in [5.41, 5.74) is 0.102. The Morgan fingerprint density at radius 3 is 2.52 bits per heavy atom. The summed E-state index contributed by atoms with van der Waals surface area (Å²) in [6.07, 6.45) is 0.950. The Bertz CT molecular complexity index is 626. The highest BCUT2D eigenvalue weighted by molar-refractivity contribution is 5.94. The number of benzene rings is 1. The van der Waals surface area contributed by atoms with Gasteiger partial charge in [0.15, 0.2) is 0 Å². The molecule has 0 saturated carbocycles. The van der Waals surface area contributed by atoms with Crippen molar-refractivity contribution >= 4 is 5.91 Å². The molecule has 23 heavy (non-hydrogen) atoms. The third-order valence-corrected chi connectivity index (χ3v) is 4.03. The molecule has 120 valence electrons. The highest BCUT2D eigenvalue weighted by Gasteiger charge is 2.25. The van der Waals surface area contributed by atoms with Gasteiger partial charge in [-0.15, -0.1) is 0 Å². The fourth-order valence-electron chi connectivity index (χ4n) is 2.69. The highest BCUT2D eigenvalue weighted by atomic mass is 19.1. The lowest BCUT2D eigenvalue weighted by atomic mass is 10.0. The summed E-state index contributed by atoms with van der Waals surface area (Å²) in [6, 6.07) is 10.3. The predicted octanol–water partition coefficient (Wildman–Crippen LogP) is 2.03. The Morgan fingerprint density at radius 2 is 1.91 bits per heavy atom. The number of hydrogen-bond donors (Lipinski definition) is 0. The number of piperazine rings is 1. The molecular formula is C17H19FN4O. The van der Waals surface area contributed by atoms with E-state index in [-0.39, 0.29) is 17.4 Å². The van der Waals surface area contributed by atoms with Crippen LogP contribution in [-0.2, 0) is 0 Å². The monoisotopic (exact) mass is 314 g/mol. The van der Waals surface area contributed by atoms with Gasteiger partial charge in [-0.25, -0.2) is 4.39 Å². The van der Waals surface area contributed by atoms with E-state index in [2.05, 4.69) is 17.0 Å². The maximum atomic E-state index is 13.7. The molecule has 2 rings (SSSR count). The Balaban J connectivity index is 1.87. The van der Waals surface area contributed by atoms with Crippen molar-refractivity contribution in [3.05, 3.63) is 35.6 Å². The standard InChI is InChI=1S/C17H19FN4O/c18-16-6-2-1-5-15(16)17(23)22-10-8-21(9-11-22)13-14(12-20)4-3-7-19/h1-2,5-6,14H,3-4,8-11,13H2/t14-/m0/s1. The minimum atomic E-state index is -0.499. The summed E-state index contributed by atoms with van der Waals surface area (Å²) in [6.45, 7) is 2.96. The van der Waals surface area contributed by atoms with Crippen molar-refractivity contribution in [3.63, 3.8) is 0 Å². The van der Waals surface area contributed by atoms with Crippen LogP contribution in [0, 0.1) is 34.4 Å². The lowest BCUT2D eigenvalue weighted by molar-refractivity contribution is 0.0620. The molecule has 0 unspecified atom stereocenters. The number of halogens is 1. The second-order valence-electron chi connectivity index (χ2n) is 5.60. The summed E-state index contributed by atoms with van der Waals surface area (Å²) in [4.78, 5) is 16.1. The first-order chi connectivity index (χ1) is 11.2. The highest BCUT2D eigenvalue weighted by Crippen LogP contribution is 2.14. The summed E-state index contributed by atoms with van der Waals surface area (Å²) < 4.78 is 13.7. The van der Waals surface area contributed by atoms with E-state index >= 15 is 0 Å². The normalized spacial score (nSPS) is 16.4. The van der Waals surface area contributed by atoms with Gasteiger partial charge in [0.05, 0.1) is 23.6 Å². The van der Waals surface area contributed by atoms with Crippen LogP contribution in [0.3, 0.4) is 0 Å². The number of nitriles is 2. The van der Waals surface area contributed by atoms with E-state index in [0.717, 1.165) is 0 Å². The Labute approximate surface area is 135 Å². The van der Waals surface area contributed by atoms with Crippen LogP contribution in [0.25, 0.3) is 0 Å². The number of hydrogen-bond acceptors (Lipinski definition) is 4. The van der Waals surface area contributed by atoms with Crippen LogP contribution < -0.4 is 0 Å². The molecule has 6 heteroatoms.